The van der Waals surface area contributed by atoms with Crippen molar-refractivity contribution in [3.05, 3.63) is 27.5 Å². The molecule has 2 rings (SSSR count). The molecule has 0 atom stereocenters. The highest BCUT2D eigenvalue weighted by molar-refractivity contribution is 7.03. The average molecular weight is 167 g/mol. The summed E-state index contributed by atoms with van der Waals surface area (Å²) in [6.45, 7) is 1.87. The molecule has 0 fully saturated rings. The minimum Gasteiger partial charge on any atom is -0.253 e. The molecule has 56 valence electrons. The van der Waals surface area contributed by atoms with Crippen molar-refractivity contribution in [3.8, 4) is 0 Å². The molecule has 0 saturated carbocycles. The second-order valence-electron chi connectivity index (χ2n) is 2.17. The lowest BCUT2D eigenvalue weighted by Gasteiger charge is -1.89. The molecule has 2 aromatic rings. The highest BCUT2D eigenvalue weighted by atomic mass is 32.1. The highest BCUT2D eigenvalue weighted by Crippen LogP contribution is 1.99. The first-order valence-electron chi connectivity index (χ1n) is 3.10. The molecule has 0 bridgehead atoms. The molecule has 0 radical (unpaired) electrons. The van der Waals surface area contributed by atoms with E-state index in [0.717, 1.165) is 17.2 Å². The van der Waals surface area contributed by atoms with Crippen LogP contribution < -0.4 is 4.87 Å². The van der Waals surface area contributed by atoms with E-state index in [4.69, 9.17) is 0 Å². The lowest BCUT2D eigenvalue weighted by Crippen LogP contribution is -1.90. The molecule has 0 aromatic carbocycles. The summed E-state index contributed by atoms with van der Waals surface area (Å²) in [6.07, 6.45) is 0. The zero-order chi connectivity index (χ0) is 7.84. The Hall–Kier alpha value is -1.23. The van der Waals surface area contributed by atoms with E-state index in [1.807, 2.05) is 13.0 Å². The maximum atomic E-state index is 10.7. The number of nitrogens with zero attached hydrogens (tertiary/aromatic N) is 3. The van der Waals surface area contributed by atoms with E-state index in [1.54, 1.807) is 6.07 Å². The highest BCUT2D eigenvalue weighted by Gasteiger charge is 1.97. The third-order valence-corrected chi connectivity index (χ3v) is 1.98. The van der Waals surface area contributed by atoms with Crippen molar-refractivity contribution in [3.63, 3.8) is 0 Å². The monoisotopic (exact) mass is 167 g/mol. The Morgan fingerprint density at radius 1 is 1.55 bits per heavy atom. The fourth-order valence-corrected chi connectivity index (χ4v) is 1.47. The zero-order valence-corrected chi connectivity index (χ0v) is 6.63. The fraction of sp³-hybridized carbons (Fsp3) is 0.167. The predicted molar refractivity (Wildman–Crippen MR) is 41.9 cm³/mol. The quantitative estimate of drug-likeness (QED) is 0.572. The molecule has 11 heavy (non-hydrogen) atoms. The Morgan fingerprint density at radius 3 is 3.18 bits per heavy atom. The lowest BCUT2D eigenvalue weighted by molar-refractivity contribution is 0.962. The Bertz CT molecular complexity index is 444. The SMILES string of the molecule is Cc1ccc2nc(=O)sn2n1. The number of rotatable bonds is 0. The Morgan fingerprint density at radius 2 is 2.36 bits per heavy atom. The number of aryl methyl sites for hydroxylation is 1. The maximum absolute atomic E-state index is 10.7. The number of fused-ring (bicyclic) bond motifs is 1. The van der Waals surface area contributed by atoms with Gasteiger partial charge in [-0.3, -0.25) is 4.79 Å². The number of hydrogen-bond donors (Lipinski definition) is 0. The van der Waals surface area contributed by atoms with Gasteiger partial charge in [0.15, 0.2) is 5.65 Å². The molecule has 4 nitrogen and oxygen atoms in total. The van der Waals surface area contributed by atoms with Crippen molar-refractivity contribution >= 4 is 17.2 Å². The first-order chi connectivity index (χ1) is 5.25. The standard InChI is InChI=1S/C6H5N3OS/c1-4-2-3-5-7-6(10)11-9(5)8-4/h2-3H,1H3. The Balaban J connectivity index is 2.92. The van der Waals surface area contributed by atoms with E-state index < -0.39 is 0 Å². The molecule has 2 aromatic heterocycles. The molecule has 0 N–H and O–H groups in total. The first kappa shape index (κ1) is 6.48. The Labute approximate surface area is 66.3 Å². The number of aromatic nitrogens is 3. The molecule has 2 heterocycles. The third-order valence-electron chi connectivity index (χ3n) is 1.29. The molecule has 0 aliphatic heterocycles. The Kier molecular flexibility index (Phi) is 1.25. The number of hydrogen-bond acceptors (Lipinski definition) is 4. The van der Waals surface area contributed by atoms with Gasteiger partial charge < -0.3 is 0 Å². The summed E-state index contributed by atoms with van der Waals surface area (Å²) in [5, 5.41) is 4.07. The van der Waals surface area contributed by atoms with E-state index in [-0.39, 0.29) is 4.87 Å². The molecule has 0 spiro atoms. The van der Waals surface area contributed by atoms with E-state index in [0.29, 0.717) is 5.65 Å². The predicted octanol–water partition coefficient (Wildman–Crippen LogP) is 0.459. The van der Waals surface area contributed by atoms with Gasteiger partial charge in [-0.15, -0.1) is 0 Å². The summed E-state index contributed by atoms with van der Waals surface area (Å²) in [5.41, 5.74) is 1.50. The molecule has 0 aliphatic carbocycles. The van der Waals surface area contributed by atoms with E-state index in [9.17, 15) is 4.79 Å². The third kappa shape index (κ3) is 1.03. The van der Waals surface area contributed by atoms with Crippen LogP contribution in [-0.4, -0.2) is 14.0 Å². The van der Waals surface area contributed by atoms with Crippen molar-refractivity contribution < 1.29 is 0 Å². The van der Waals surface area contributed by atoms with Crippen LogP contribution in [-0.2, 0) is 0 Å². The van der Waals surface area contributed by atoms with Crippen molar-refractivity contribution in [2.45, 2.75) is 6.92 Å². The normalized spacial score (nSPS) is 10.6. The largest absolute Gasteiger partial charge is 0.346 e. The fourth-order valence-electron chi connectivity index (χ4n) is 0.822. The molecule has 0 saturated heterocycles. The van der Waals surface area contributed by atoms with Crippen LogP contribution >= 0.6 is 11.5 Å². The smallest absolute Gasteiger partial charge is 0.253 e. The van der Waals surface area contributed by atoms with Crippen molar-refractivity contribution in [2.24, 2.45) is 0 Å². The van der Waals surface area contributed by atoms with Crippen LogP contribution in [0.3, 0.4) is 0 Å². The molecule has 0 amide bonds. The molecule has 0 aliphatic rings. The summed E-state index contributed by atoms with van der Waals surface area (Å²) in [7, 11) is 0. The molecule has 5 heteroatoms. The van der Waals surface area contributed by atoms with Gasteiger partial charge in [0, 0.05) is 11.5 Å². The topological polar surface area (TPSA) is 47.3 Å². The summed E-state index contributed by atoms with van der Waals surface area (Å²) in [5.74, 6) is 0. The summed E-state index contributed by atoms with van der Waals surface area (Å²) in [6, 6.07) is 3.61. The maximum Gasteiger partial charge on any atom is 0.346 e. The van der Waals surface area contributed by atoms with Crippen LogP contribution in [0.25, 0.3) is 5.65 Å². The van der Waals surface area contributed by atoms with Crippen molar-refractivity contribution in [2.75, 3.05) is 0 Å². The van der Waals surface area contributed by atoms with Crippen LogP contribution in [0.5, 0.6) is 0 Å². The van der Waals surface area contributed by atoms with E-state index >= 15 is 0 Å². The van der Waals surface area contributed by atoms with Crippen molar-refractivity contribution in [1.29, 1.82) is 0 Å². The zero-order valence-electron chi connectivity index (χ0n) is 5.81. The van der Waals surface area contributed by atoms with Gasteiger partial charge in [0.1, 0.15) is 0 Å². The van der Waals surface area contributed by atoms with Gasteiger partial charge in [-0.25, -0.2) is 0 Å². The van der Waals surface area contributed by atoms with Crippen molar-refractivity contribution in [1.82, 2.24) is 14.0 Å². The van der Waals surface area contributed by atoms with Gasteiger partial charge in [-0.05, 0) is 19.1 Å². The summed E-state index contributed by atoms with van der Waals surface area (Å²) in [4.78, 5) is 14.3. The second-order valence-corrected chi connectivity index (χ2v) is 3.05. The second kappa shape index (κ2) is 2.13. The van der Waals surface area contributed by atoms with E-state index in [1.165, 1.54) is 3.90 Å². The van der Waals surface area contributed by atoms with Crippen LogP contribution in [0.4, 0.5) is 0 Å². The molecule has 0 unspecified atom stereocenters. The average Bonchev–Trinajstić information content (AvgIpc) is 2.27. The van der Waals surface area contributed by atoms with Crippen LogP contribution in [0, 0.1) is 6.92 Å². The van der Waals surface area contributed by atoms with Gasteiger partial charge in [0.2, 0.25) is 0 Å². The van der Waals surface area contributed by atoms with Gasteiger partial charge in [-0.2, -0.15) is 14.0 Å². The molecular formula is C6H5N3OS. The van der Waals surface area contributed by atoms with Crippen LogP contribution in [0.2, 0.25) is 0 Å². The lowest BCUT2D eigenvalue weighted by atomic mass is 10.4. The van der Waals surface area contributed by atoms with Gasteiger partial charge in [-0.1, -0.05) is 0 Å². The minimum absolute atomic E-state index is 0.205. The first-order valence-corrected chi connectivity index (χ1v) is 3.87. The van der Waals surface area contributed by atoms with Gasteiger partial charge in [0.25, 0.3) is 0 Å². The minimum atomic E-state index is -0.205. The van der Waals surface area contributed by atoms with Crippen LogP contribution in [0.1, 0.15) is 5.69 Å². The molecular weight excluding hydrogens is 162 g/mol. The van der Waals surface area contributed by atoms with E-state index in [2.05, 4.69) is 10.1 Å². The summed E-state index contributed by atoms with van der Waals surface area (Å²) >= 11 is 1.01. The van der Waals surface area contributed by atoms with Gasteiger partial charge in [0.05, 0.1) is 5.69 Å². The van der Waals surface area contributed by atoms with Crippen LogP contribution in [0.15, 0.2) is 16.9 Å². The summed E-state index contributed by atoms with van der Waals surface area (Å²) < 4.78 is 1.53. The van der Waals surface area contributed by atoms with Gasteiger partial charge >= 0.3 is 4.87 Å².